The van der Waals surface area contributed by atoms with Gasteiger partial charge in [-0.1, -0.05) is 42.5 Å². The van der Waals surface area contributed by atoms with Gasteiger partial charge in [-0.3, -0.25) is 14.5 Å². The molecule has 2 aromatic rings. The maximum Gasteiger partial charge on any atom is 0.256 e. The number of imide groups is 1. The molecule has 4 nitrogen and oxygen atoms in total. The van der Waals surface area contributed by atoms with E-state index in [0.29, 0.717) is 12.1 Å². The molecule has 2 aliphatic heterocycles. The van der Waals surface area contributed by atoms with Crippen LogP contribution in [0.25, 0.3) is 6.08 Å². The molecule has 0 saturated carbocycles. The Morgan fingerprint density at radius 2 is 1.73 bits per heavy atom. The molecule has 1 saturated heterocycles. The number of amides is 2. The number of rotatable bonds is 3. The van der Waals surface area contributed by atoms with Crippen molar-refractivity contribution in [2.45, 2.75) is 26.3 Å². The molecular formula is C22H22N2O2. The second kappa shape index (κ2) is 6.79. The van der Waals surface area contributed by atoms with Gasteiger partial charge < -0.3 is 4.90 Å². The van der Waals surface area contributed by atoms with Gasteiger partial charge in [0.15, 0.2) is 0 Å². The first-order valence-corrected chi connectivity index (χ1v) is 9.13. The molecule has 0 N–H and O–H groups in total. The second-order valence-corrected chi connectivity index (χ2v) is 6.79. The molecule has 0 bridgehead atoms. The summed E-state index contributed by atoms with van der Waals surface area (Å²) in [5.74, 6) is -0.260. The number of likely N-dealkylation sites (N-methyl/N-ethyl adjacent to an activating group) is 1. The molecule has 0 aromatic heterocycles. The topological polar surface area (TPSA) is 40.6 Å². The van der Waals surface area contributed by atoms with Gasteiger partial charge in [0.2, 0.25) is 5.91 Å². The Kier molecular flexibility index (Phi) is 4.33. The Bertz CT molecular complexity index is 901. The minimum Gasteiger partial charge on any atom is -0.366 e. The van der Waals surface area contributed by atoms with Crippen LogP contribution in [0.1, 0.15) is 30.0 Å². The van der Waals surface area contributed by atoms with Gasteiger partial charge in [-0.25, -0.2) is 0 Å². The van der Waals surface area contributed by atoms with Gasteiger partial charge >= 0.3 is 0 Å². The molecule has 0 atom stereocenters. The van der Waals surface area contributed by atoms with Crippen molar-refractivity contribution in [1.82, 2.24) is 4.90 Å². The highest BCUT2D eigenvalue weighted by Crippen LogP contribution is 2.30. The number of para-hydroxylation sites is 1. The third-order valence-electron chi connectivity index (χ3n) is 5.22. The SMILES string of the molecule is CCN1C(=O)C/C(=C\c2ccccc2N2CCc3ccccc3C2)C1=O. The molecule has 2 aromatic carbocycles. The van der Waals surface area contributed by atoms with Gasteiger partial charge in [-0.05, 0) is 42.2 Å². The van der Waals surface area contributed by atoms with Gasteiger partial charge in [0.05, 0.1) is 6.42 Å². The third-order valence-corrected chi connectivity index (χ3v) is 5.22. The van der Waals surface area contributed by atoms with Crippen molar-refractivity contribution in [3.63, 3.8) is 0 Å². The predicted octanol–water partition coefficient (Wildman–Crippen LogP) is 3.41. The summed E-state index contributed by atoms with van der Waals surface area (Å²) in [6.07, 6.45) is 3.11. The van der Waals surface area contributed by atoms with Gasteiger partial charge in [-0.15, -0.1) is 0 Å². The molecule has 0 unspecified atom stereocenters. The van der Waals surface area contributed by atoms with E-state index in [1.165, 1.54) is 16.0 Å². The van der Waals surface area contributed by atoms with Crippen molar-refractivity contribution in [1.29, 1.82) is 0 Å². The Morgan fingerprint density at radius 3 is 2.50 bits per heavy atom. The molecule has 0 spiro atoms. The highest BCUT2D eigenvalue weighted by molar-refractivity contribution is 6.15. The fourth-order valence-electron chi connectivity index (χ4n) is 3.84. The first kappa shape index (κ1) is 16.6. The summed E-state index contributed by atoms with van der Waals surface area (Å²) in [5.41, 5.74) is 5.47. The number of benzene rings is 2. The summed E-state index contributed by atoms with van der Waals surface area (Å²) >= 11 is 0. The Morgan fingerprint density at radius 1 is 1.00 bits per heavy atom. The lowest BCUT2D eigenvalue weighted by molar-refractivity contribution is -0.137. The normalized spacial score (nSPS) is 18.6. The van der Waals surface area contributed by atoms with Crippen LogP contribution in [0.15, 0.2) is 54.1 Å². The van der Waals surface area contributed by atoms with Crippen LogP contribution in [-0.2, 0) is 22.6 Å². The average Bonchev–Trinajstić information content (AvgIpc) is 2.94. The van der Waals surface area contributed by atoms with Crippen molar-refractivity contribution in [2.24, 2.45) is 0 Å². The lowest BCUT2D eigenvalue weighted by Crippen LogP contribution is -2.30. The number of nitrogens with zero attached hydrogens (tertiary/aromatic N) is 2. The number of carbonyl (C=O) groups is 2. The minimum absolute atomic E-state index is 0.104. The standard InChI is InChI=1S/C22H22N2O2/c1-2-24-21(25)14-19(22(24)26)13-17-8-5-6-10-20(17)23-12-11-16-7-3-4-9-18(16)15-23/h3-10,13H,2,11-12,14-15H2,1H3/b19-13+. The fourth-order valence-corrected chi connectivity index (χ4v) is 3.84. The second-order valence-electron chi connectivity index (χ2n) is 6.79. The predicted molar refractivity (Wildman–Crippen MR) is 103 cm³/mol. The monoisotopic (exact) mass is 346 g/mol. The van der Waals surface area contributed by atoms with Crippen molar-refractivity contribution in [3.8, 4) is 0 Å². The number of hydrogen-bond donors (Lipinski definition) is 0. The smallest absolute Gasteiger partial charge is 0.256 e. The maximum absolute atomic E-state index is 12.4. The summed E-state index contributed by atoms with van der Waals surface area (Å²) in [6.45, 7) is 4.08. The zero-order valence-electron chi connectivity index (χ0n) is 14.9. The Hall–Kier alpha value is -2.88. The average molecular weight is 346 g/mol. The van der Waals surface area contributed by atoms with E-state index in [2.05, 4.69) is 35.2 Å². The van der Waals surface area contributed by atoms with Crippen LogP contribution < -0.4 is 4.90 Å². The summed E-state index contributed by atoms with van der Waals surface area (Å²) in [4.78, 5) is 28.1. The minimum atomic E-state index is -0.156. The molecule has 26 heavy (non-hydrogen) atoms. The molecule has 2 amide bonds. The van der Waals surface area contributed by atoms with E-state index in [1.807, 2.05) is 31.2 Å². The number of likely N-dealkylation sites (tertiary alicyclic amines) is 1. The Balaban J connectivity index is 1.66. The van der Waals surface area contributed by atoms with Crippen LogP contribution in [0, 0.1) is 0 Å². The largest absolute Gasteiger partial charge is 0.366 e. The molecule has 0 aliphatic carbocycles. The van der Waals surface area contributed by atoms with E-state index in [-0.39, 0.29) is 18.2 Å². The highest BCUT2D eigenvalue weighted by atomic mass is 16.2. The zero-order chi connectivity index (χ0) is 18.1. The summed E-state index contributed by atoms with van der Waals surface area (Å²) in [7, 11) is 0. The van der Waals surface area contributed by atoms with Crippen molar-refractivity contribution >= 4 is 23.6 Å². The highest BCUT2D eigenvalue weighted by Gasteiger charge is 2.32. The molecule has 0 radical (unpaired) electrons. The number of fused-ring (bicyclic) bond motifs is 1. The van der Waals surface area contributed by atoms with Gasteiger partial charge in [0.1, 0.15) is 0 Å². The Labute approximate surface area is 153 Å². The lowest BCUT2D eigenvalue weighted by atomic mass is 9.98. The van der Waals surface area contributed by atoms with Crippen LogP contribution in [0.4, 0.5) is 5.69 Å². The first-order chi connectivity index (χ1) is 12.7. The quantitative estimate of drug-likeness (QED) is 0.632. The molecule has 4 rings (SSSR count). The lowest BCUT2D eigenvalue weighted by Gasteiger charge is -2.32. The molecular weight excluding hydrogens is 324 g/mol. The summed E-state index contributed by atoms with van der Waals surface area (Å²) in [6, 6.07) is 16.7. The maximum atomic E-state index is 12.4. The van der Waals surface area contributed by atoms with E-state index < -0.39 is 0 Å². The van der Waals surface area contributed by atoms with Gasteiger partial charge in [0, 0.05) is 30.9 Å². The molecule has 2 aliphatic rings. The van der Waals surface area contributed by atoms with E-state index in [9.17, 15) is 9.59 Å². The van der Waals surface area contributed by atoms with Crippen LogP contribution in [0.3, 0.4) is 0 Å². The molecule has 132 valence electrons. The summed E-state index contributed by atoms with van der Waals surface area (Å²) < 4.78 is 0. The van der Waals surface area contributed by atoms with Crippen LogP contribution in [0.2, 0.25) is 0 Å². The van der Waals surface area contributed by atoms with Crippen molar-refractivity contribution in [3.05, 3.63) is 70.8 Å². The van der Waals surface area contributed by atoms with Crippen LogP contribution >= 0.6 is 0 Å². The van der Waals surface area contributed by atoms with E-state index >= 15 is 0 Å². The van der Waals surface area contributed by atoms with Crippen LogP contribution in [-0.4, -0.2) is 29.8 Å². The van der Waals surface area contributed by atoms with E-state index in [4.69, 9.17) is 0 Å². The van der Waals surface area contributed by atoms with Gasteiger partial charge in [-0.2, -0.15) is 0 Å². The molecule has 1 fully saturated rings. The number of anilines is 1. The van der Waals surface area contributed by atoms with Crippen LogP contribution in [0.5, 0.6) is 0 Å². The fraction of sp³-hybridized carbons (Fsp3) is 0.273. The number of hydrogen-bond acceptors (Lipinski definition) is 3. The van der Waals surface area contributed by atoms with E-state index in [1.54, 1.807) is 0 Å². The number of carbonyl (C=O) groups excluding carboxylic acids is 2. The van der Waals surface area contributed by atoms with Crippen molar-refractivity contribution in [2.75, 3.05) is 18.0 Å². The van der Waals surface area contributed by atoms with Crippen molar-refractivity contribution < 1.29 is 9.59 Å². The zero-order valence-corrected chi connectivity index (χ0v) is 14.9. The summed E-state index contributed by atoms with van der Waals surface area (Å²) in [5, 5.41) is 0. The third kappa shape index (κ3) is 2.92. The molecule has 4 heteroatoms. The van der Waals surface area contributed by atoms with E-state index in [0.717, 1.165) is 30.8 Å². The van der Waals surface area contributed by atoms with Gasteiger partial charge in [0.25, 0.3) is 5.91 Å². The molecule has 2 heterocycles. The first-order valence-electron chi connectivity index (χ1n) is 9.13.